The number of rotatable bonds is 5. The summed E-state index contributed by atoms with van der Waals surface area (Å²) < 4.78 is 6.64. The van der Waals surface area contributed by atoms with Crippen molar-refractivity contribution in [2.24, 2.45) is 0 Å². The minimum Gasteiger partial charge on any atom is -0.465 e. The van der Waals surface area contributed by atoms with Gasteiger partial charge in [-0.25, -0.2) is 4.98 Å². The van der Waals surface area contributed by atoms with Gasteiger partial charge in [0.15, 0.2) is 5.16 Å². The van der Waals surface area contributed by atoms with E-state index in [4.69, 9.17) is 4.74 Å². The molecule has 0 radical (unpaired) electrons. The highest BCUT2D eigenvalue weighted by Crippen LogP contribution is 2.25. The van der Waals surface area contributed by atoms with Crippen molar-refractivity contribution in [3.63, 3.8) is 0 Å². The number of thioether (sulfide) groups is 1. The van der Waals surface area contributed by atoms with Crippen molar-refractivity contribution in [1.82, 2.24) is 9.55 Å². The molecule has 0 aliphatic carbocycles. The summed E-state index contributed by atoms with van der Waals surface area (Å²) >= 11 is 1.22. The minimum atomic E-state index is -0.472. The average molecular weight is 368 g/mol. The molecular formula is C20H20N2O3S. The van der Waals surface area contributed by atoms with Crippen LogP contribution in [-0.2, 0) is 9.53 Å². The van der Waals surface area contributed by atoms with Gasteiger partial charge in [-0.15, -0.1) is 0 Å². The van der Waals surface area contributed by atoms with Crippen molar-refractivity contribution >= 4 is 28.6 Å². The fraction of sp³-hybridized carbons (Fsp3) is 0.250. The van der Waals surface area contributed by atoms with Crippen molar-refractivity contribution < 1.29 is 9.53 Å². The maximum atomic E-state index is 13.1. The summed E-state index contributed by atoms with van der Waals surface area (Å²) in [5, 5.41) is 0.541. The third-order valence-corrected chi connectivity index (χ3v) is 4.97. The summed E-state index contributed by atoms with van der Waals surface area (Å²) in [5.41, 5.74) is 2.28. The van der Waals surface area contributed by atoms with Gasteiger partial charge in [0.2, 0.25) is 0 Å². The Kier molecular flexibility index (Phi) is 5.42. The van der Waals surface area contributed by atoms with Crippen LogP contribution in [0.3, 0.4) is 0 Å². The molecule has 2 aromatic carbocycles. The van der Waals surface area contributed by atoms with Gasteiger partial charge in [-0.2, -0.15) is 0 Å². The first kappa shape index (κ1) is 18.2. The van der Waals surface area contributed by atoms with Gasteiger partial charge in [0.05, 0.1) is 23.2 Å². The number of para-hydroxylation sites is 1. The van der Waals surface area contributed by atoms with E-state index >= 15 is 0 Å². The lowest BCUT2D eigenvalue weighted by Gasteiger charge is -2.16. The smallest absolute Gasteiger partial charge is 0.319 e. The van der Waals surface area contributed by atoms with Gasteiger partial charge in [0.25, 0.3) is 5.56 Å². The first-order valence-corrected chi connectivity index (χ1v) is 9.31. The number of aryl methyl sites for hydroxylation is 1. The summed E-state index contributed by atoms with van der Waals surface area (Å²) in [6.45, 7) is 5.83. The van der Waals surface area contributed by atoms with E-state index in [1.807, 2.05) is 43.3 Å². The van der Waals surface area contributed by atoms with Crippen LogP contribution in [0, 0.1) is 6.92 Å². The SMILES string of the molecule is CCOC(=O)C(C)Sc1nc2ccccc2c(=O)n1-c1ccc(C)cc1. The van der Waals surface area contributed by atoms with Crippen molar-refractivity contribution in [3.8, 4) is 5.69 Å². The predicted octanol–water partition coefficient (Wildman–Crippen LogP) is 3.74. The number of carbonyl (C=O) groups is 1. The molecule has 1 heterocycles. The molecule has 0 spiro atoms. The van der Waals surface area contributed by atoms with E-state index < -0.39 is 5.25 Å². The lowest BCUT2D eigenvalue weighted by atomic mass is 10.2. The number of hydrogen-bond donors (Lipinski definition) is 0. The second-order valence-corrected chi connectivity index (χ2v) is 7.21. The summed E-state index contributed by atoms with van der Waals surface area (Å²) in [6, 6.07) is 14.9. The number of benzene rings is 2. The van der Waals surface area contributed by atoms with Crippen LogP contribution in [0.25, 0.3) is 16.6 Å². The number of carbonyl (C=O) groups excluding carboxylic acids is 1. The zero-order chi connectivity index (χ0) is 18.7. The first-order chi connectivity index (χ1) is 12.5. The molecule has 5 nitrogen and oxygen atoms in total. The molecule has 134 valence electrons. The number of nitrogens with zero attached hydrogens (tertiary/aromatic N) is 2. The second-order valence-electron chi connectivity index (χ2n) is 5.90. The number of aromatic nitrogens is 2. The Morgan fingerprint density at radius 1 is 1.19 bits per heavy atom. The Bertz CT molecular complexity index is 996. The Labute approximate surface area is 156 Å². The monoisotopic (exact) mass is 368 g/mol. The summed E-state index contributed by atoms with van der Waals surface area (Å²) in [5.74, 6) is -0.324. The van der Waals surface area contributed by atoms with Crippen molar-refractivity contribution in [3.05, 3.63) is 64.4 Å². The molecule has 0 aliphatic heterocycles. The van der Waals surface area contributed by atoms with Crippen LogP contribution < -0.4 is 5.56 Å². The van der Waals surface area contributed by atoms with E-state index in [1.54, 1.807) is 30.5 Å². The number of esters is 1. The molecular weight excluding hydrogens is 348 g/mol. The fourth-order valence-electron chi connectivity index (χ4n) is 2.58. The molecule has 1 unspecified atom stereocenters. The molecule has 1 aromatic heterocycles. The zero-order valence-electron chi connectivity index (χ0n) is 14.9. The molecule has 3 rings (SSSR count). The van der Waals surface area contributed by atoms with Gasteiger partial charge in [0, 0.05) is 0 Å². The van der Waals surface area contributed by atoms with Crippen molar-refractivity contribution in [2.45, 2.75) is 31.2 Å². The average Bonchev–Trinajstić information content (AvgIpc) is 2.63. The third-order valence-electron chi connectivity index (χ3n) is 3.94. The highest BCUT2D eigenvalue weighted by Gasteiger charge is 2.21. The minimum absolute atomic E-state index is 0.155. The Balaban J connectivity index is 2.16. The van der Waals surface area contributed by atoms with Gasteiger partial charge in [0.1, 0.15) is 5.25 Å². The molecule has 1 atom stereocenters. The van der Waals surface area contributed by atoms with E-state index in [0.717, 1.165) is 11.3 Å². The topological polar surface area (TPSA) is 61.2 Å². The van der Waals surface area contributed by atoms with Gasteiger partial charge in [-0.3, -0.25) is 14.2 Å². The molecule has 0 amide bonds. The summed E-state index contributed by atoms with van der Waals surface area (Å²) in [6.07, 6.45) is 0. The predicted molar refractivity (Wildman–Crippen MR) is 104 cm³/mol. The Morgan fingerprint density at radius 3 is 2.58 bits per heavy atom. The van der Waals surface area contributed by atoms with E-state index in [9.17, 15) is 9.59 Å². The largest absolute Gasteiger partial charge is 0.465 e. The Morgan fingerprint density at radius 2 is 1.88 bits per heavy atom. The third kappa shape index (κ3) is 3.65. The molecule has 0 N–H and O–H groups in total. The Hall–Kier alpha value is -2.60. The van der Waals surface area contributed by atoms with Crippen LogP contribution >= 0.6 is 11.8 Å². The van der Waals surface area contributed by atoms with Crippen molar-refractivity contribution in [1.29, 1.82) is 0 Å². The van der Waals surface area contributed by atoms with Crippen LogP contribution in [0.2, 0.25) is 0 Å². The van der Waals surface area contributed by atoms with Gasteiger partial charge >= 0.3 is 5.97 Å². The quantitative estimate of drug-likeness (QED) is 0.390. The van der Waals surface area contributed by atoms with Crippen LogP contribution in [0.5, 0.6) is 0 Å². The molecule has 0 saturated heterocycles. The molecule has 0 saturated carbocycles. The van der Waals surface area contributed by atoms with Crippen molar-refractivity contribution in [2.75, 3.05) is 6.61 Å². The highest BCUT2D eigenvalue weighted by atomic mass is 32.2. The lowest BCUT2D eigenvalue weighted by molar-refractivity contribution is -0.142. The molecule has 0 aliphatic rings. The van der Waals surface area contributed by atoms with Gasteiger partial charge < -0.3 is 4.74 Å². The molecule has 0 fully saturated rings. The van der Waals surface area contributed by atoms with Crippen LogP contribution in [0.4, 0.5) is 0 Å². The maximum Gasteiger partial charge on any atom is 0.319 e. The zero-order valence-corrected chi connectivity index (χ0v) is 15.7. The number of fused-ring (bicyclic) bond motifs is 1. The van der Waals surface area contributed by atoms with E-state index in [-0.39, 0.29) is 11.5 Å². The van der Waals surface area contributed by atoms with E-state index in [0.29, 0.717) is 22.7 Å². The fourth-order valence-corrected chi connectivity index (χ4v) is 3.50. The van der Waals surface area contributed by atoms with E-state index in [2.05, 4.69) is 4.98 Å². The summed E-state index contributed by atoms with van der Waals surface area (Å²) in [4.78, 5) is 29.8. The second kappa shape index (κ2) is 7.74. The molecule has 6 heteroatoms. The van der Waals surface area contributed by atoms with Crippen LogP contribution in [-0.4, -0.2) is 27.4 Å². The molecule has 3 aromatic rings. The number of hydrogen-bond acceptors (Lipinski definition) is 5. The lowest BCUT2D eigenvalue weighted by Crippen LogP contribution is -2.24. The molecule has 0 bridgehead atoms. The van der Waals surface area contributed by atoms with Gasteiger partial charge in [-0.1, -0.05) is 41.6 Å². The summed E-state index contributed by atoms with van der Waals surface area (Å²) in [7, 11) is 0. The molecule has 26 heavy (non-hydrogen) atoms. The first-order valence-electron chi connectivity index (χ1n) is 8.43. The number of ether oxygens (including phenoxy) is 1. The van der Waals surface area contributed by atoms with Crippen LogP contribution in [0.15, 0.2) is 58.5 Å². The maximum absolute atomic E-state index is 13.1. The van der Waals surface area contributed by atoms with E-state index in [1.165, 1.54) is 11.8 Å². The van der Waals surface area contributed by atoms with Gasteiger partial charge in [-0.05, 0) is 45.0 Å². The standard InChI is InChI=1S/C20H20N2O3S/c1-4-25-19(24)14(3)26-20-21-17-8-6-5-7-16(17)18(23)22(20)15-11-9-13(2)10-12-15/h5-12,14H,4H2,1-3H3. The normalized spacial score (nSPS) is 12.1. The highest BCUT2D eigenvalue weighted by molar-refractivity contribution is 8.00. The van der Waals surface area contributed by atoms with Crippen LogP contribution in [0.1, 0.15) is 19.4 Å².